The standard InChI is InChI=1S/C14H9F17NO/c1-3-6(33)32(2)4-5(32)7(15,16)8(17,18)9(19,20)10(21,22)11(23,24)12(25,26)13(27,28)14(29,30)31/h3,5H,1,4H2,2H3/q+1. The molecule has 1 amide bonds. The molecule has 2 nitrogen and oxygen atoms in total. The highest BCUT2D eigenvalue weighted by atomic mass is 19.4. The molecular formula is C14H9F17NO+. The average Bonchev–Trinajstić information content (AvgIpc) is 3.33. The fraction of sp³-hybridized carbons (Fsp3) is 0.786. The molecule has 0 aromatic carbocycles. The maximum atomic E-state index is 14.0. The van der Waals surface area contributed by atoms with Gasteiger partial charge in [0, 0.05) is 6.08 Å². The van der Waals surface area contributed by atoms with Crippen LogP contribution in [0.5, 0.6) is 0 Å². The van der Waals surface area contributed by atoms with Gasteiger partial charge in [-0.1, -0.05) is 6.58 Å². The summed E-state index contributed by atoms with van der Waals surface area (Å²) >= 11 is 0. The molecule has 0 saturated carbocycles. The van der Waals surface area contributed by atoms with Gasteiger partial charge in [-0.05, 0) is 0 Å². The number of hydrogen-bond acceptors (Lipinski definition) is 1. The molecule has 1 aliphatic rings. The van der Waals surface area contributed by atoms with E-state index in [1.807, 2.05) is 0 Å². The van der Waals surface area contributed by atoms with Gasteiger partial charge in [-0.3, -0.25) is 0 Å². The van der Waals surface area contributed by atoms with E-state index in [1.165, 1.54) is 0 Å². The molecule has 0 aliphatic carbocycles. The van der Waals surface area contributed by atoms with E-state index < -0.39 is 70.6 Å². The second-order valence-corrected chi connectivity index (χ2v) is 7.08. The molecular weight excluding hydrogens is 521 g/mol. The fourth-order valence-corrected chi connectivity index (χ4v) is 2.62. The van der Waals surface area contributed by atoms with E-state index in [0.717, 1.165) is 0 Å². The van der Waals surface area contributed by atoms with Crippen molar-refractivity contribution in [2.75, 3.05) is 13.6 Å². The van der Waals surface area contributed by atoms with Crippen LogP contribution in [0.2, 0.25) is 0 Å². The van der Waals surface area contributed by atoms with Crippen LogP contribution in [-0.2, 0) is 4.79 Å². The number of likely N-dealkylation sites (N-methyl/N-ethyl adjacent to an activating group) is 1. The first-order chi connectivity index (χ1) is 14.1. The fourth-order valence-electron chi connectivity index (χ4n) is 2.62. The summed E-state index contributed by atoms with van der Waals surface area (Å²) < 4.78 is 222. The SMILES string of the molecule is C=CC(=O)[N+]1(C)CC1C(F)(F)C(F)(F)C(F)(F)C(F)(F)C(F)(F)C(F)(F)C(F)(F)C(F)(F)F. The number of quaternary nitrogens is 1. The van der Waals surface area contributed by atoms with Crippen LogP contribution >= 0.6 is 0 Å². The van der Waals surface area contributed by atoms with Gasteiger partial charge in [-0.15, -0.1) is 0 Å². The Bertz CT molecular complexity index is 813. The van der Waals surface area contributed by atoms with Gasteiger partial charge in [0.15, 0.2) is 0 Å². The van der Waals surface area contributed by atoms with Crippen LogP contribution in [-0.4, -0.2) is 77.7 Å². The molecule has 2 atom stereocenters. The van der Waals surface area contributed by atoms with Gasteiger partial charge in [0.25, 0.3) is 0 Å². The van der Waals surface area contributed by atoms with Gasteiger partial charge >= 0.3 is 53.5 Å². The van der Waals surface area contributed by atoms with Gasteiger partial charge < -0.3 is 0 Å². The lowest BCUT2D eigenvalue weighted by Crippen LogP contribution is -2.75. The van der Waals surface area contributed by atoms with E-state index in [9.17, 15) is 79.4 Å². The summed E-state index contributed by atoms with van der Waals surface area (Å²) in [4.78, 5) is 11.4. The number of amides is 1. The van der Waals surface area contributed by atoms with Crippen LogP contribution in [0.15, 0.2) is 12.7 Å². The Morgan fingerprint density at radius 1 is 0.667 bits per heavy atom. The smallest absolute Gasteiger partial charge is 0.242 e. The predicted molar refractivity (Wildman–Crippen MR) is 70.7 cm³/mol. The molecule has 0 aromatic rings. The number of rotatable bonds is 8. The summed E-state index contributed by atoms with van der Waals surface area (Å²) in [5, 5.41) is 0. The van der Waals surface area contributed by atoms with E-state index in [0.29, 0.717) is 7.05 Å². The van der Waals surface area contributed by atoms with E-state index in [1.54, 1.807) is 0 Å². The third-order valence-electron chi connectivity index (χ3n) is 4.95. The topological polar surface area (TPSA) is 17.1 Å². The van der Waals surface area contributed by atoms with Crippen molar-refractivity contribution in [3.05, 3.63) is 12.7 Å². The van der Waals surface area contributed by atoms with Crippen LogP contribution in [0, 0.1) is 0 Å². The van der Waals surface area contributed by atoms with Crippen molar-refractivity contribution in [2.45, 2.75) is 53.7 Å². The van der Waals surface area contributed by atoms with Gasteiger partial charge in [0.1, 0.15) is 6.54 Å². The summed E-state index contributed by atoms with van der Waals surface area (Å²) in [5.74, 6) is -58.3. The van der Waals surface area contributed by atoms with Gasteiger partial charge in [-0.25, -0.2) is 9.28 Å². The van der Waals surface area contributed by atoms with E-state index in [4.69, 9.17) is 0 Å². The second kappa shape index (κ2) is 7.10. The quantitative estimate of drug-likeness (QED) is 0.175. The van der Waals surface area contributed by atoms with Gasteiger partial charge in [0.05, 0.1) is 7.05 Å². The maximum Gasteiger partial charge on any atom is 0.460 e. The molecule has 0 spiro atoms. The third kappa shape index (κ3) is 3.38. The summed E-state index contributed by atoms with van der Waals surface area (Å²) in [5.41, 5.74) is 0. The van der Waals surface area contributed by atoms with Crippen LogP contribution in [0.1, 0.15) is 0 Å². The Kier molecular flexibility index (Phi) is 6.28. The molecule has 194 valence electrons. The molecule has 2 unspecified atom stereocenters. The number of alkyl halides is 17. The average molecular weight is 530 g/mol. The summed E-state index contributed by atoms with van der Waals surface area (Å²) in [6.45, 7) is 1.22. The second-order valence-electron chi connectivity index (χ2n) is 7.08. The zero-order valence-corrected chi connectivity index (χ0v) is 15.3. The van der Waals surface area contributed by atoms with Crippen LogP contribution < -0.4 is 0 Å². The molecule has 1 saturated heterocycles. The van der Waals surface area contributed by atoms with Crippen molar-refractivity contribution in [1.82, 2.24) is 0 Å². The molecule has 0 radical (unpaired) electrons. The predicted octanol–water partition coefficient (Wildman–Crippen LogP) is 5.54. The molecule has 1 heterocycles. The number of carbonyl (C=O) groups is 1. The van der Waals surface area contributed by atoms with Crippen molar-refractivity contribution in [3.63, 3.8) is 0 Å². The molecule has 0 aromatic heterocycles. The Morgan fingerprint density at radius 3 is 1.27 bits per heavy atom. The summed E-state index contributed by atoms with van der Waals surface area (Å²) in [6.07, 6.45) is -7.61. The maximum absolute atomic E-state index is 14.0. The molecule has 0 bridgehead atoms. The minimum atomic E-state index is -8.67. The van der Waals surface area contributed by atoms with Gasteiger partial charge in [0.2, 0.25) is 6.04 Å². The van der Waals surface area contributed by atoms with Crippen molar-refractivity contribution >= 4 is 5.91 Å². The lowest BCUT2D eigenvalue weighted by atomic mass is 9.88. The molecule has 1 rings (SSSR count). The highest BCUT2D eigenvalue weighted by Crippen LogP contribution is 2.65. The third-order valence-corrected chi connectivity index (χ3v) is 4.95. The molecule has 1 fully saturated rings. The van der Waals surface area contributed by atoms with E-state index >= 15 is 0 Å². The minimum Gasteiger partial charge on any atom is -0.242 e. The number of halogens is 17. The van der Waals surface area contributed by atoms with Crippen molar-refractivity contribution in [1.29, 1.82) is 0 Å². The van der Waals surface area contributed by atoms with Crippen LogP contribution in [0.4, 0.5) is 74.6 Å². The lowest BCUT2D eigenvalue weighted by molar-refractivity contribution is -0.718. The highest BCUT2D eigenvalue weighted by molar-refractivity contribution is 5.82. The highest BCUT2D eigenvalue weighted by Gasteiger charge is 2.97. The normalized spacial score (nSPS) is 24.0. The minimum absolute atomic E-state index is 0.189. The summed E-state index contributed by atoms with van der Waals surface area (Å²) in [7, 11) is 0.349. The number of carbonyl (C=O) groups excluding carboxylic acids is 1. The first kappa shape index (κ1) is 29.2. The molecule has 33 heavy (non-hydrogen) atoms. The largest absolute Gasteiger partial charge is 0.460 e. The summed E-state index contributed by atoms with van der Waals surface area (Å²) in [6, 6.07) is -3.34. The Balaban J connectivity index is 3.62. The van der Waals surface area contributed by atoms with Crippen LogP contribution in [0.3, 0.4) is 0 Å². The van der Waals surface area contributed by atoms with E-state index in [2.05, 4.69) is 6.58 Å². The molecule has 19 heteroatoms. The Hall–Kier alpha value is -1.82. The number of nitrogens with zero attached hydrogens (tertiary/aromatic N) is 1. The van der Waals surface area contributed by atoms with Crippen molar-refractivity contribution in [2.24, 2.45) is 0 Å². The first-order valence-corrected chi connectivity index (χ1v) is 7.81. The van der Waals surface area contributed by atoms with Crippen LogP contribution in [0.25, 0.3) is 0 Å². The Labute approximate surface area is 171 Å². The zero-order chi connectivity index (χ0) is 27.1. The van der Waals surface area contributed by atoms with Crippen molar-refractivity contribution < 1.29 is 83.9 Å². The van der Waals surface area contributed by atoms with E-state index in [-0.39, 0.29) is 6.08 Å². The molecule has 1 aliphatic heterocycles. The van der Waals surface area contributed by atoms with Gasteiger partial charge in [-0.2, -0.15) is 74.6 Å². The zero-order valence-electron chi connectivity index (χ0n) is 15.3. The lowest BCUT2D eigenvalue weighted by Gasteiger charge is -2.42. The monoisotopic (exact) mass is 530 g/mol. The Morgan fingerprint density at radius 2 is 0.970 bits per heavy atom. The number of hydrogen-bond donors (Lipinski definition) is 0. The first-order valence-electron chi connectivity index (χ1n) is 7.81. The van der Waals surface area contributed by atoms with Crippen molar-refractivity contribution in [3.8, 4) is 0 Å². The molecule has 0 N–H and O–H groups in total.